The summed E-state index contributed by atoms with van der Waals surface area (Å²) in [6.07, 6.45) is -10.3. The summed E-state index contributed by atoms with van der Waals surface area (Å²) in [7, 11) is -4.45. The van der Waals surface area contributed by atoms with Gasteiger partial charge >= 0.3 is 12.4 Å². The number of benzene rings is 1. The van der Waals surface area contributed by atoms with Gasteiger partial charge in [-0.2, -0.15) is 35.9 Å². The summed E-state index contributed by atoms with van der Waals surface area (Å²) in [5.41, 5.74) is -0.878. The molecular weight excluding hydrogens is 538 g/mol. The maximum atomic E-state index is 13.6. The number of thiophene rings is 1. The number of halogens is 6. The molecule has 196 valence electrons. The molecule has 1 aliphatic rings. The quantitative estimate of drug-likeness (QED) is 0.546. The van der Waals surface area contributed by atoms with Crippen LogP contribution in [0.1, 0.15) is 22.9 Å². The smallest absolute Gasteiger partial charge is 0.368 e. The van der Waals surface area contributed by atoms with Gasteiger partial charge < -0.3 is 15.7 Å². The summed E-state index contributed by atoms with van der Waals surface area (Å²) >= 11 is 0.0113. The Balaban J connectivity index is 1.90. The number of nitrogens with two attached hydrogens (primary N) is 1. The molecule has 0 aliphatic carbocycles. The highest BCUT2D eigenvalue weighted by Gasteiger charge is 2.61. The molecule has 0 radical (unpaired) electrons. The number of rotatable bonds is 5. The van der Waals surface area contributed by atoms with Gasteiger partial charge in [0.25, 0.3) is 21.5 Å². The van der Waals surface area contributed by atoms with Crippen molar-refractivity contribution < 1.29 is 44.7 Å². The highest BCUT2D eigenvalue weighted by molar-refractivity contribution is 7.91. The van der Waals surface area contributed by atoms with Crippen molar-refractivity contribution in [3.63, 3.8) is 0 Å². The zero-order valence-corrected chi connectivity index (χ0v) is 19.9. The first-order valence-corrected chi connectivity index (χ1v) is 12.3. The van der Waals surface area contributed by atoms with Gasteiger partial charge in [-0.15, -0.1) is 11.3 Å². The third-order valence-electron chi connectivity index (χ3n) is 5.61. The molecule has 0 saturated carbocycles. The first kappa shape index (κ1) is 27.7. The number of hydrogen-bond donors (Lipinski definition) is 2. The van der Waals surface area contributed by atoms with Gasteiger partial charge in [-0.3, -0.25) is 4.79 Å². The van der Waals surface area contributed by atoms with Gasteiger partial charge in [-0.1, -0.05) is 0 Å². The second kappa shape index (κ2) is 9.21. The lowest BCUT2D eigenvalue weighted by Crippen LogP contribution is -2.54. The molecule has 2 atom stereocenters. The summed E-state index contributed by atoms with van der Waals surface area (Å²) in [6, 6.07) is 5.14. The lowest BCUT2D eigenvalue weighted by molar-refractivity contribution is -0.254. The number of piperazine rings is 1. The maximum Gasteiger partial charge on any atom is 0.431 e. The van der Waals surface area contributed by atoms with E-state index in [1.807, 2.05) is 0 Å². The van der Waals surface area contributed by atoms with E-state index in [-0.39, 0.29) is 42.2 Å². The van der Waals surface area contributed by atoms with Crippen molar-refractivity contribution in [3.8, 4) is 6.07 Å². The first-order valence-electron chi connectivity index (χ1n) is 10.0. The first-order chi connectivity index (χ1) is 16.4. The zero-order chi connectivity index (χ0) is 27.3. The number of nitrogens with zero attached hydrogens (tertiary/aromatic N) is 3. The molecule has 1 fully saturated rings. The van der Waals surface area contributed by atoms with Crippen LogP contribution in [0.25, 0.3) is 0 Å². The SMILES string of the molecule is C[C@@H]1CN(c2ccc(C#N)cc2C(F)(F)F)CCN1S(=O)(=O)c1ccc(C(O)(C(N)=O)C(F)(F)F)s1. The van der Waals surface area contributed by atoms with E-state index in [4.69, 9.17) is 11.0 Å². The van der Waals surface area contributed by atoms with Crippen LogP contribution in [0.3, 0.4) is 0 Å². The third-order valence-corrected chi connectivity index (χ3v) is 9.28. The van der Waals surface area contributed by atoms with E-state index >= 15 is 0 Å². The molecule has 1 amide bonds. The number of amides is 1. The molecule has 1 aromatic carbocycles. The van der Waals surface area contributed by atoms with Crippen molar-refractivity contribution in [2.75, 3.05) is 24.5 Å². The molecule has 36 heavy (non-hydrogen) atoms. The summed E-state index contributed by atoms with van der Waals surface area (Å²) < 4.78 is 107. The molecule has 2 aromatic rings. The Hall–Kier alpha value is -2.87. The van der Waals surface area contributed by atoms with Crippen molar-refractivity contribution >= 4 is 33.0 Å². The molecule has 8 nitrogen and oxygen atoms in total. The van der Waals surface area contributed by atoms with E-state index in [1.54, 1.807) is 6.07 Å². The van der Waals surface area contributed by atoms with Crippen LogP contribution in [-0.4, -0.2) is 55.6 Å². The topological polar surface area (TPSA) is 128 Å². The highest BCUT2D eigenvalue weighted by atomic mass is 32.2. The van der Waals surface area contributed by atoms with Crippen LogP contribution < -0.4 is 10.6 Å². The Morgan fingerprint density at radius 3 is 2.31 bits per heavy atom. The molecule has 16 heteroatoms. The molecule has 1 unspecified atom stereocenters. The van der Waals surface area contributed by atoms with Gasteiger partial charge in [0.2, 0.25) is 0 Å². The summed E-state index contributed by atoms with van der Waals surface area (Å²) in [6.45, 7) is 0.711. The fourth-order valence-electron chi connectivity index (χ4n) is 3.79. The number of nitriles is 1. The minimum atomic E-state index is -5.51. The molecule has 1 aromatic heterocycles. The Labute approximate surface area is 205 Å². The van der Waals surface area contributed by atoms with Crippen LogP contribution >= 0.6 is 11.3 Å². The maximum absolute atomic E-state index is 13.6. The Bertz CT molecular complexity index is 1320. The predicted octanol–water partition coefficient (Wildman–Crippen LogP) is 2.77. The van der Waals surface area contributed by atoms with E-state index in [0.717, 1.165) is 16.4 Å². The number of alkyl halides is 6. The number of primary amides is 1. The molecule has 1 aliphatic heterocycles. The summed E-state index contributed by atoms with van der Waals surface area (Å²) in [5, 5.41) is 18.8. The summed E-state index contributed by atoms with van der Waals surface area (Å²) in [5.74, 6) is -2.13. The molecule has 3 N–H and O–H groups in total. The number of aliphatic hydroxyl groups is 1. The van der Waals surface area contributed by atoms with Crippen molar-refractivity contribution in [2.45, 2.75) is 35.1 Å². The molecule has 0 spiro atoms. The van der Waals surface area contributed by atoms with Crippen LogP contribution in [-0.2, 0) is 26.6 Å². The largest absolute Gasteiger partial charge is 0.431 e. The second-order valence-corrected chi connectivity index (χ2v) is 11.1. The lowest BCUT2D eigenvalue weighted by atomic mass is 10.0. The second-order valence-electron chi connectivity index (χ2n) is 7.94. The molecule has 1 saturated heterocycles. The standard InChI is InChI=1S/C20H18F6N4O4S2/c1-11-10-29(14-3-2-12(9-27)8-13(14)19(21,22)23)6-7-30(11)36(33,34)16-5-4-15(35-16)18(32,17(28)31)20(24,25)26/h2-5,8,11,32H,6-7,10H2,1H3,(H2,28,31)/t11-,18?/m1/s1. The number of carbonyl (C=O) groups excluding carboxylic acids is 1. The van der Waals surface area contributed by atoms with Crippen LogP contribution in [0, 0.1) is 11.3 Å². The van der Waals surface area contributed by atoms with Crippen molar-refractivity contribution in [2.24, 2.45) is 5.73 Å². The van der Waals surface area contributed by atoms with E-state index < -0.39 is 54.6 Å². The monoisotopic (exact) mass is 556 g/mol. The van der Waals surface area contributed by atoms with Crippen LogP contribution in [0.2, 0.25) is 0 Å². The van der Waals surface area contributed by atoms with Gasteiger partial charge in [-0.25, -0.2) is 8.42 Å². The molecule has 0 bridgehead atoms. The highest BCUT2D eigenvalue weighted by Crippen LogP contribution is 2.43. The molecular formula is C20H18F6N4O4S2. The van der Waals surface area contributed by atoms with E-state index in [9.17, 15) is 44.7 Å². The van der Waals surface area contributed by atoms with Crippen molar-refractivity contribution in [1.29, 1.82) is 5.26 Å². The van der Waals surface area contributed by atoms with Crippen LogP contribution in [0.5, 0.6) is 0 Å². The van der Waals surface area contributed by atoms with Gasteiger partial charge in [0.05, 0.1) is 22.1 Å². The summed E-state index contributed by atoms with van der Waals surface area (Å²) in [4.78, 5) is 11.6. The average Bonchev–Trinajstić information content (AvgIpc) is 3.27. The van der Waals surface area contributed by atoms with Crippen LogP contribution in [0.15, 0.2) is 34.5 Å². The minimum Gasteiger partial charge on any atom is -0.368 e. The number of hydrogen-bond acceptors (Lipinski definition) is 7. The van der Waals surface area contributed by atoms with Gasteiger partial charge in [0.1, 0.15) is 4.21 Å². The Morgan fingerprint density at radius 2 is 1.81 bits per heavy atom. The number of anilines is 1. The minimum absolute atomic E-state index is 0.0113. The number of carbonyl (C=O) groups is 1. The van der Waals surface area contributed by atoms with E-state index in [2.05, 4.69) is 0 Å². The van der Waals surface area contributed by atoms with Crippen molar-refractivity contribution in [1.82, 2.24) is 4.31 Å². The van der Waals surface area contributed by atoms with Gasteiger partial charge in [0.15, 0.2) is 0 Å². The van der Waals surface area contributed by atoms with E-state index in [1.165, 1.54) is 17.9 Å². The lowest BCUT2D eigenvalue weighted by Gasteiger charge is -2.40. The molecule has 2 heterocycles. The fraction of sp³-hybridized carbons (Fsp3) is 0.400. The molecule has 3 rings (SSSR count). The van der Waals surface area contributed by atoms with Crippen molar-refractivity contribution in [3.05, 3.63) is 46.3 Å². The Morgan fingerprint density at radius 1 is 1.17 bits per heavy atom. The zero-order valence-electron chi connectivity index (χ0n) is 18.3. The van der Waals surface area contributed by atoms with Crippen LogP contribution in [0.4, 0.5) is 32.0 Å². The third kappa shape index (κ3) is 4.75. The average molecular weight is 557 g/mol. The van der Waals surface area contributed by atoms with Gasteiger partial charge in [0, 0.05) is 31.4 Å². The van der Waals surface area contributed by atoms with Gasteiger partial charge in [-0.05, 0) is 37.3 Å². The Kier molecular flexibility index (Phi) is 7.09. The predicted molar refractivity (Wildman–Crippen MR) is 115 cm³/mol. The fourth-order valence-corrected chi connectivity index (χ4v) is 6.96. The number of sulfonamides is 1. The van der Waals surface area contributed by atoms with E-state index in [0.29, 0.717) is 12.1 Å². The normalized spacial score (nSPS) is 19.5.